The molecular weight excluding hydrogens is 316 g/mol. The Kier molecular flexibility index (Phi) is 8.46. The summed E-state index contributed by atoms with van der Waals surface area (Å²) in [6.07, 6.45) is 0. The lowest BCUT2D eigenvalue weighted by atomic mass is 9.97. The van der Waals surface area contributed by atoms with Crippen molar-refractivity contribution in [2.24, 2.45) is 0 Å². The monoisotopic (exact) mass is 354 g/mol. The highest BCUT2D eigenvalue weighted by Gasteiger charge is 2.13. The predicted molar refractivity (Wildman–Crippen MR) is 114 cm³/mol. The molecule has 144 valence electrons. The van der Waals surface area contributed by atoms with Crippen LogP contribution < -0.4 is 0 Å². The van der Waals surface area contributed by atoms with E-state index >= 15 is 0 Å². The van der Waals surface area contributed by atoms with E-state index in [1.54, 1.807) is 0 Å². The molecule has 2 aromatic rings. The van der Waals surface area contributed by atoms with Crippen molar-refractivity contribution in [3.63, 3.8) is 0 Å². The van der Waals surface area contributed by atoms with Crippen LogP contribution in [0.3, 0.4) is 0 Å². The fraction of sp³-hybridized carbons (Fsp3) is 0.583. The van der Waals surface area contributed by atoms with Crippen molar-refractivity contribution in [2.45, 2.75) is 92.9 Å². The first-order chi connectivity index (χ1) is 12.1. The van der Waals surface area contributed by atoms with E-state index in [-0.39, 0.29) is 0 Å². The van der Waals surface area contributed by atoms with Crippen molar-refractivity contribution in [1.29, 1.82) is 0 Å². The number of nitrogens with zero attached hydrogens (tertiary/aromatic N) is 2. The minimum atomic E-state index is 0.461. The third-order valence-electron chi connectivity index (χ3n) is 4.96. The van der Waals surface area contributed by atoms with Gasteiger partial charge in [0.25, 0.3) is 0 Å². The van der Waals surface area contributed by atoms with Crippen LogP contribution in [0.15, 0.2) is 24.3 Å². The molecule has 0 saturated heterocycles. The third kappa shape index (κ3) is 5.93. The second-order valence-electron chi connectivity index (χ2n) is 8.51. The van der Waals surface area contributed by atoms with Crippen LogP contribution in [-0.4, -0.2) is 10.2 Å². The first-order valence-corrected chi connectivity index (χ1v) is 9.99. The molecule has 0 amide bonds. The molecule has 0 unspecified atom stereocenters. The molecule has 0 spiro atoms. The van der Waals surface area contributed by atoms with Crippen molar-refractivity contribution < 1.29 is 0 Å². The van der Waals surface area contributed by atoms with E-state index in [9.17, 15) is 0 Å². The summed E-state index contributed by atoms with van der Waals surface area (Å²) >= 11 is 0. The molecule has 2 heteroatoms. The number of hydrogen-bond donors (Lipinski definition) is 0. The molecule has 2 nitrogen and oxygen atoms in total. The zero-order chi connectivity index (χ0) is 20.0. The van der Waals surface area contributed by atoms with E-state index in [0.29, 0.717) is 23.7 Å². The van der Waals surface area contributed by atoms with Crippen molar-refractivity contribution in [3.05, 3.63) is 57.9 Å². The molecule has 1 aromatic carbocycles. The Morgan fingerprint density at radius 3 is 0.962 bits per heavy atom. The van der Waals surface area contributed by atoms with Gasteiger partial charge in [0, 0.05) is 0 Å². The first-order valence-electron chi connectivity index (χ1n) is 9.99. The van der Waals surface area contributed by atoms with Gasteiger partial charge in [-0.2, -0.15) is 10.2 Å². The summed E-state index contributed by atoms with van der Waals surface area (Å²) in [4.78, 5) is 0. The molecule has 0 atom stereocenters. The van der Waals surface area contributed by atoms with Gasteiger partial charge in [-0.3, -0.25) is 0 Å². The van der Waals surface area contributed by atoms with Gasteiger partial charge in [-0.1, -0.05) is 79.7 Å². The zero-order valence-electron chi connectivity index (χ0n) is 18.5. The first kappa shape index (κ1) is 22.3. The fourth-order valence-electron chi connectivity index (χ4n) is 3.00. The largest absolute Gasteiger partial charge is 0.155 e. The Bertz CT molecular complexity index is 620. The number of rotatable bonds is 4. The van der Waals surface area contributed by atoms with Gasteiger partial charge in [0.1, 0.15) is 0 Å². The second-order valence-corrected chi connectivity index (χ2v) is 8.51. The number of benzene rings is 1. The zero-order valence-corrected chi connectivity index (χ0v) is 18.5. The Labute approximate surface area is 161 Å². The predicted octanol–water partition coefficient (Wildman–Crippen LogP) is 7.27. The Hall–Kier alpha value is -1.70. The third-order valence-corrected chi connectivity index (χ3v) is 4.96. The van der Waals surface area contributed by atoms with Crippen LogP contribution in [0.1, 0.15) is 113 Å². The summed E-state index contributed by atoms with van der Waals surface area (Å²) in [5, 5.41) is 8.62. The van der Waals surface area contributed by atoms with E-state index in [1.165, 1.54) is 22.3 Å². The molecule has 1 heterocycles. The van der Waals surface area contributed by atoms with Gasteiger partial charge in [-0.15, -0.1) is 0 Å². The highest BCUT2D eigenvalue weighted by molar-refractivity contribution is 5.33. The smallest absolute Gasteiger partial charge is 0.0688 e. The summed E-state index contributed by atoms with van der Waals surface area (Å²) in [7, 11) is 0. The minimum Gasteiger partial charge on any atom is -0.155 e. The van der Waals surface area contributed by atoms with Crippen molar-refractivity contribution >= 4 is 0 Å². The molecule has 0 N–H and O–H groups in total. The molecule has 0 saturated carbocycles. The van der Waals surface area contributed by atoms with Gasteiger partial charge in [0.2, 0.25) is 0 Å². The highest BCUT2D eigenvalue weighted by Crippen LogP contribution is 2.24. The summed E-state index contributed by atoms with van der Waals surface area (Å²) in [6.45, 7) is 21.8. The summed E-state index contributed by atoms with van der Waals surface area (Å²) in [5.41, 5.74) is 7.73. The standard InChI is InChI=1S/C12H20N2.C12H18/c1-7(2)11-9(5)10(6)12(8(3)4)14-13-11;1-9(2)11-5-7-12(8-6-11)10(3)4/h7-8H,1-6H3;5-10H,1-4H3. The van der Waals surface area contributed by atoms with Gasteiger partial charge in [0.15, 0.2) is 0 Å². The van der Waals surface area contributed by atoms with Crippen molar-refractivity contribution in [3.8, 4) is 0 Å². The summed E-state index contributed by atoms with van der Waals surface area (Å²) in [5.74, 6) is 2.21. The molecule has 26 heavy (non-hydrogen) atoms. The average molecular weight is 355 g/mol. The lowest BCUT2D eigenvalue weighted by Crippen LogP contribution is -2.07. The molecule has 0 radical (unpaired) electrons. The Morgan fingerprint density at radius 1 is 0.500 bits per heavy atom. The quantitative estimate of drug-likeness (QED) is 0.576. The van der Waals surface area contributed by atoms with Gasteiger partial charge in [-0.25, -0.2) is 0 Å². The molecule has 0 bridgehead atoms. The van der Waals surface area contributed by atoms with Gasteiger partial charge in [0.05, 0.1) is 11.4 Å². The average Bonchev–Trinajstić information content (AvgIpc) is 2.57. The van der Waals surface area contributed by atoms with Crippen LogP contribution in [0.5, 0.6) is 0 Å². The van der Waals surface area contributed by atoms with Crippen LogP contribution in [0, 0.1) is 13.8 Å². The van der Waals surface area contributed by atoms with E-state index in [2.05, 4.69) is 104 Å². The van der Waals surface area contributed by atoms with E-state index in [1.807, 2.05) is 0 Å². The Morgan fingerprint density at radius 2 is 0.769 bits per heavy atom. The van der Waals surface area contributed by atoms with Gasteiger partial charge in [-0.05, 0) is 59.8 Å². The van der Waals surface area contributed by atoms with Crippen molar-refractivity contribution in [2.75, 3.05) is 0 Å². The maximum Gasteiger partial charge on any atom is 0.0688 e. The maximum atomic E-state index is 4.31. The van der Waals surface area contributed by atoms with Crippen molar-refractivity contribution in [1.82, 2.24) is 10.2 Å². The molecule has 0 aliphatic rings. The molecule has 1 aromatic heterocycles. The topological polar surface area (TPSA) is 25.8 Å². The summed E-state index contributed by atoms with van der Waals surface area (Å²) in [6, 6.07) is 8.94. The van der Waals surface area contributed by atoms with Crippen LogP contribution in [0.2, 0.25) is 0 Å². The summed E-state index contributed by atoms with van der Waals surface area (Å²) < 4.78 is 0. The molecular formula is C24H38N2. The van der Waals surface area contributed by atoms with E-state index < -0.39 is 0 Å². The van der Waals surface area contributed by atoms with Crippen LogP contribution >= 0.6 is 0 Å². The maximum absolute atomic E-state index is 4.31. The fourth-order valence-corrected chi connectivity index (χ4v) is 3.00. The van der Waals surface area contributed by atoms with Gasteiger partial charge >= 0.3 is 0 Å². The van der Waals surface area contributed by atoms with E-state index in [4.69, 9.17) is 0 Å². The number of aromatic nitrogens is 2. The van der Waals surface area contributed by atoms with E-state index in [0.717, 1.165) is 11.4 Å². The molecule has 2 rings (SSSR count). The molecule has 0 aliphatic carbocycles. The van der Waals surface area contributed by atoms with Crippen LogP contribution in [-0.2, 0) is 0 Å². The SMILES string of the molecule is CC(C)c1ccc(C(C)C)cc1.Cc1c(C(C)C)nnc(C(C)C)c1C. The highest BCUT2D eigenvalue weighted by atomic mass is 15.1. The lowest BCUT2D eigenvalue weighted by molar-refractivity contribution is 0.714. The lowest BCUT2D eigenvalue weighted by Gasteiger charge is -2.14. The molecule has 0 fully saturated rings. The normalized spacial score (nSPS) is 11.3. The Balaban J connectivity index is 0.000000263. The van der Waals surface area contributed by atoms with Crippen LogP contribution in [0.25, 0.3) is 0 Å². The minimum absolute atomic E-state index is 0.461. The van der Waals surface area contributed by atoms with Crippen LogP contribution in [0.4, 0.5) is 0 Å². The molecule has 0 aliphatic heterocycles. The second kappa shape index (κ2) is 9.85. The number of hydrogen-bond acceptors (Lipinski definition) is 2. The van der Waals surface area contributed by atoms with Gasteiger partial charge < -0.3 is 0 Å².